The lowest BCUT2D eigenvalue weighted by molar-refractivity contribution is -0.142. The van der Waals surface area contributed by atoms with E-state index in [0.29, 0.717) is 50.7 Å². The molecule has 1 aliphatic heterocycles. The van der Waals surface area contributed by atoms with Gasteiger partial charge in [0, 0.05) is 57.0 Å². The third-order valence-corrected chi connectivity index (χ3v) is 5.91. The van der Waals surface area contributed by atoms with Gasteiger partial charge in [0.1, 0.15) is 0 Å². The number of rotatable bonds is 6. The van der Waals surface area contributed by atoms with Crippen LogP contribution in [0.5, 0.6) is 0 Å². The van der Waals surface area contributed by atoms with Gasteiger partial charge < -0.3 is 14.3 Å². The molecule has 0 radical (unpaired) electrons. The lowest BCUT2D eigenvalue weighted by Gasteiger charge is -2.38. The molecular formula is C24H27N5O3. The van der Waals surface area contributed by atoms with Crippen LogP contribution in [0.25, 0.3) is 11.4 Å². The van der Waals surface area contributed by atoms with Gasteiger partial charge in [0.2, 0.25) is 23.5 Å². The van der Waals surface area contributed by atoms with Crippen LogP contribution in [-0.4, -0.2) is 62.9 Å². The first-order valence-electron chi connectivity index (χ1n) is 10.8. The second kappa shape index (κ2) is 9.30. The van der Waals surface area contributed by atoms with E-state index >= 15 is 0 Å². The van der Waals surface area contributed by atoms with Crippen LogP contribution in [0.2, 0.25) is 0 Å². The number of aryl methyl sites for hydroxylation is 1. The number of benzene rings is 1. The Hall–Kier alpha value is -3.55. The zero-order valence-corrected chi connectivity index (χ0v) is 18.4. The fraction of sp³-hybridized carbons (Fsp3) is 0.375. The Morgan fingerprint density at radius 3 is 2.31 bits per heavy atom. The monoisotopic (exact) mass is 433 g/mol. The molecule has 8 nitrogen and oxygen atoms in total. The highest BCUT2D eigenvalue weighted by molar-refractivity contribution is 5.87. The van der Waals surface area contributed by atoms with Crippen molar-refractivity contribution in [1.82, 2.24) is 24.9 Å². The molecule has 3 aromatic rings. The van der Waals surface area contributed by atoms with Gasteiger partial charge in [0.15, 0.2) is 0 Å². The SMILES string of the molecule is CC(C)(C(=O)N1CCN(C(=O)CCc2nc(-c3ccncc3)no2)CC1)c1ccccc1. The number of aromatic nitrogens is 3. The van der Waals surface area contributed by atoms with Gasteiger partial charge in [-0.05, 0) is 31.5 Å². The molecule has 1 fully saturated rings. The van der Waals surface area contributed by atoms with Gasteiger partial charge in [0.25, 0.3) is 0 Å². The summed E-state index contributed by atoms with van der Waals surface area (Å²) in [6.45, 7) is 6.03. The van der Waals surface area contributed by atoms with Crippen molar-refractivity contribution < 1.29 is 14.1 Å². The van der Waals surface area contributed by atoms with Crippen molar-refractivity contribution in [1.29, 1.82) is 0 Å². The minimum Gasteiger partial charge on any atom is -0.339 e. The molecule has 0 bridgehead atoms. The summed E-state index contributed by atoms with van der Waals surface area (Å²) in [6, 6.07) is 13.4. The number of carbonyl (C=O) groups is 2. The smallest absolute Gasteiger partial charge is 0.232 e. The van der Waals surface area contributed by atoms with Gasteiger partial charge in [-0.2, -0.15) is 4.98 Å². The van der Waals surface area contributed by atoms with Gasteiger partial charge in [-0.3, -0.25) is 14.6 Å². The van der Waals surface area contributed by atoms with Crippen molar-refractivity contribution in [2.45, 2.75) is 32.1 Å². The molecule has 8 heteroatoms. The van der Waals surface area contributed by atoms with Crippen LogP contribution in [0.3, 0.4) is 0 Å². The molecular weight excluding hydrogens is 406 g/mol. The number of pyridine rings is 1. The van der Waals surface area contributed by atoms with Crippen LogP contribution in [-0.2, 0) is 21.4 Å². The molecule has 0 aliphatic carbocycles. The third kappa shape index (κ3) is 4.69. The lowest BCUT2D eigenvalue weighted by atomic mass is 9.83. The molecule has 1 aromatic carbocycles. The predicted molar refractivity (Wildman–Crippen MR) is 118 cm³/mol. The summed E-state index contributed by atoms with van der Waals surface area (Å²) < 4.78 is 5.28. The molecule has 32 heavy (non-hydrogen) atoms. The van der Waals surface area contributed by atoms with Gasteiger partial charge in [-0.25, -0.2) is 0 Å². The first-order valence-corrected chi connectivity index (χ1v) is 10.8. The van der Waals surface area contributed by atoms with Crippen LogP contribution in [0, 0.1) is 0 Å². The molecule has 0 N–H and O–H groups in total. The summed E-state index contributed by atoms with van der Waals surface area (Å²) in [5.74, 6) is 1.04. The van der Waals surface area contributed by atoms with Crippen LogP contribution >= 0.6 is 0 Å². The van der Waals surface area contributed by atoms with Gasteiger partial charge in [-0.15, -0.1) is 0 Å². The number of carbonyl (C=O) groups excluding carboxylic acids is 2. The van der Waals surface area contributed by atoms with Crippen molar-refractivity contribution in [2.75, 3.05) is 26.2 Å². The van der Waals surface area contributed by atoms with E-state index in [0.717, 1.165) is 11.1 Å². The Morgan fingerprint density at radius 2 is 1.62 bits per heavy atom. The molecule has 1 aliphatic rings. The average Bonchev–Trinajstić information content (AvgIpc) is 3.32. The second-order valence-electron chi connectivity index (χ2n) is 8.41. The van der Waals surface area contributed by atoms with E-state index in [1.54, 1.807) is 29.4 Å². The standard InChI is InChI=1S/C24H27N5O3/c1-24(2,19-6-4-3-5-7-19)23(31)29-16-14-28(15-17-29)21(30)9-8-20-26-22(27-32-20)18-10-12-25-13-11-18/h3-7,10-13H,8-9,14-17H2,1-2H3. The number of piperazine rings is 1. The maximum atomic E-state index is 13.1. The first kappa shape index (κ1) is 21.7. The van der Waals surface area contributed by atoms with Crippen molar-refractivity contribution in [2.24, 2.45) is 0 Å². The molecule has 0 saturated carbocycles. The maximum absolute atomic E-state index is 13.1. The summed E-state index contributed by atoms with van der Waals surface area (Å²) in [5.41, 5.74) is 1.22. The Bertz CT molecular complexity index is 1060. The van der Waals surface area contributed by atoms with E-state index in [9.17, 15) is 9.59 Å². The molecule has 0 unspecified atom stereocenters. The minimum absolute atomic E-state index is 0.0306. The highest BCUT2D eigenvalue weighted by Crippen LogP contribution is 2.26. The van der Waals surface area contributed by atoms with Gasteiger partial charge in [-0.1, -0.05) is 35.5 Å². The fourth-order valence-corrected chi connectivity index (χ4v) is 3.88. The number of hydrogen-bond acceptors (Lipinski definition) is 6. The quantitative estimate of drug-likeness (QED) is 0.594. The highest BCUT2D eigenvalue weighted by Gasteiger charge is 2.35. The third-order valence-electron chi connectivity index (χ3n) is 5.91. The van der Waals surface area contributed by atoms with Crippen LogP contribution in [0.4, 0.5) is 0 Å². The van der Waals surface area contributed by atoms with Gasteiger partial charge >= 0.3 is 0 Å². The molecule has 2 aromatic heterocycles. The maximum Gasteiger partial charge on any atom is 0.232 e. The molecule has 2 amide bonds. The highest BCUT2D eigenvalue weighted by atomic mass is 16.5. The Kier molecular flexibility index (Phi) is 6.30. The van der Waals surface area contributed by atoms with Crippen LogP contribution in [0.1, 0.15) is 31.7 Å². The lowest BCUT2D eigenvalue weighted by Crippen LogP contribution is -2.54. The number of hydrogen-bond donors (Lipinski definition) is 0. The Balaban J connectivity index is 1.28. The van der Waals surface area contributed by atoms with Crippen molar-refractivity contribution in [3.8, 4) is 11.4 Å². The Labute approximate surface area is 187 Å². The molecule has 0 atom stereocenters. The van der Waals surface area contributed by atoms with E-state index in [4.69, 9.17) is 4.52 Å². The van der Waals surface area contributed by atoms with Crippen molar-refractivity contribution in [3.63, 3.8) is 0 Å². The van der Waals surface area contributed by atoms with E-state index in [2.05, 4.69) is 15.1 Å². The topological polar surface area (TPSA) is 92.4 Å². The van der Waals surface area contributed by atoms with Crippen molar-refractivity contribution in [3.05, 3.63) is 66.3 Å². The number of nitrogens with zero attached hydrogens (tertiary/aromatic N) is 5. The predicted octanol–water partition coefficient (Wildman–Crippen LogP) is 2.71. The molecule has 0 spiro atoms. The molecule has 3 heterocycles. The van der Waals surface area contributed by atoms with Crippen LogP contribution < -0.4 is 0 Å². The average molecular weight is 434 g/mol. The Morgan fingerprint density at radius 1 is 0.969 bits per heavy atom. The molecule has 166 valence electrons. The zero-order chi connectivity index (χ0) is 22.6. The van der Waals surface area contributed by atoms with Crippen LogP contribution in [0.15, 0.2) is 59.4 Å². The normalized spacial score (nSPS) is 14.4. The summed E-state index contributed by atoms with van der Waals surface area (Å²) in [7, 11) is 0. The van der Waals surface area contributed by atoms with E-state index in [1.807, 2.05) is 49.1 Å². The molecule has 1 saturated heterocycles. The van der Waals surface area contributed by atoms with E-state index in [1.165, 1.54) is 0 Å². The van der Waals surface area contributed by atoms with E-state index in [-0.39, 0.29) is 11.8 Å². The fourth-order valence-electron chi connectivity index (χ4n) is 3.88. The minimum atomic E-state index is -0.599. The largest absolute Gasteiger partial charge is 0.339 e. The summed E-state index contributed by atoms with van der Waals surface area (Å²) in [5, 5.41) is 3.97. The van der Waals surface area contributed by atoms with E-state index < -0.39 is 5.41 Å². The zero-order valence-electron chi connectivity index (χ0n) is 18.4. The summed E-state index contributed by atoms with van der Waals surface area (Å²) in [4.78, 5) is 37.8. The number of amides is 2. The van der Waals surface area contributed by atoms with Crippen molar-refractivity contribution >= 4 is 11.8 Å². The summed E-state index contributed by atoms with van der Waals surface area (Å²) in [6.07, 6.45) is 4.01. The summed E-state index contributed by atoms with van der Waals surface area (Å²) >= 11 is 0. The first-order chi connectivity index (χ1) is 15.4. The molecule has 4 rings (SSSR count). The second-order valence-corrected chi connectivity index (χ2v) is 8.41. The van der Waals surface area contributed by atoms with Gasteiger partial charge in [0.05, 0.1) is 5.41 Å².